The third-order valence-electron chi connectivity index (χ3n) is 4.01. The van der Waals surface area contributed by atoms with Crippen LogP contribution in [0.15, 0.2) is 42.5 Å². The summed E-state index contributed by atoms with van der Waals surface area (Å²) in [6.45, 7) is 5.07. The molecule has 3 nitrogen and oxygen atoms in total. The maximum absolute atomic E-state index is 13.8. The van der Waals surface area contributed by atoms with E-state index >= 15 is 0 Å². The summed E-state index contributed by atoms with van der Waals surface area (Å²) in [5, 5.41) is 5.49. The third-order valence-corrected chi connectivity index (χ3v) is 4.01. The van der Waals surface area contributed by atoms with E-state index in [1.54, 1.807) is 26.8 Å². The minimum atomic E-state index is -4.39. The summed E-state index contributed by atoms with van der Waals surface area (Å²) >= 11 is 0. The van der Waals surface area contributed by atoms with Crippen LogP contribution in [0, 0.1) is 12.7 Å². The molecule has 2 aromatic carbocycles. The summed E-state index contributed by atoms with van der Waals surface area (Å²) in [7, 11) is 0. The van der Waals surface area contributed by atoms with E-state index in [0.717, 1.165) is 17.7 Å². The largest absolute Gasteiger partial charge is 0.416 e. The number of hydrogen-bond acceptors (Lipinski definition) is 2. The van der Waals surface area contributed by atoms with Crippen molar-refractivity contribution in [2.75, 3.05) is 5.32 Å². The summed E-state index contributed by atoms with van der Waals surface area (Å²) in [6, 6.07) is 8.18. The number of halogens is 4. The molecule has 0 spiro atoms. The number of amides is 1. The molecule has 0 aliphatic carbocycles. The number of hydrogen-bond donors (Lipinski definition) is 2. The Hall–Kier alpha value is -2.41. The molecule has 2 rings (SSSR count). The average molecular weight is 368 g/mol. The molecular weight excluding hydrogens is 348 g/mol. The van der Waals surface area contributed by atoms with E-state index in [1.807, 2.05) is 0 Å². The minimum absolute atomic E-state index is 0.0800. The van der Waals surface area contributed by atoms with Crippen molar-refractivity contribution in [1.82, 2.24) is 5.32 Å². The number of benzene rings is 2. The van der Waals surface area contributed by atoms with Gasteiger partial charge in [0.15, 0.2) is 0 Å². The lowest BCUT2D eigenvalue weighted by Gasteiger charge is -2.20. The smallest absolute Gasteiger partial charge is 0.322 e. The van der Waals surface area contributed by atoms with Gasteiger partial charge < -0.3 is 5.32 Å². The number of anilines is 1. The van der Waals surface area contributed by atoms with Crippen LogP contribution in [0.25, 0.3) is 0 Å². The first-order chi connectivity index (χ1) is 12.1. The Balaban J connectivity index is 1.99. The van der Waals surface area contributed by atoms with Crippen LogP contribution in [-0.4, -0.2) is 11.9 Å². The second kappa shape index (κ2) is 7.86. The van der Waals surface area contributed by atoms with E-state index in [4.69, 9.17) is 0 Å². The number of carbonyl (C=O) groups excluding carboxylic acids is 1. The molecule has 0 aromatic heterocycles. The predicted octanol–water partition coefficient (Wildman–Crippen LogP) is 4.83. The highest BCUT2D eigenvalue weighted by molar-refractivity contribution is 5.94. The minimum Gasteiger partial charge on any atom is -0.322 e. The van der Waals surface area contributed by atoms with Crippen molar-refractivity contribution in [2.24, 2.45) is 0 Å². The van der Waals surface area contributed by atoms with Gasteiger partial charge in [0, 0.05) is 6.04 Å². The fourth-order valence-electron chi connectivity index (χ4n) is 2.47. The van der Waals surface area contributed by atoms with Gasteiger partial charge in [0.1, 0.15) is 5.82 Å². The van der Waals surface area contributed by atoms with Crippen LogP contribution in [0.4, 0.5) is 23.2 Å². The van der Waals surface area contributed by atoms with Crippen molar-refractivity contribution in [3.63, 3.8) is 0 Å². The number of nitrogens with one attached hydrogen (secondary N) is 2. The lowest BCUT2D eigenvalue weighted by Crippen LogP contribution is -2.39. The van der Waals surface area contributed by atoms with Gasteiger partial charge in [0.25, 0.3) is 0 Å². The van der Waals surface area contributed by atoms with Crippen LogP contribution in [0.3, 0.4) is 0 Å². The van der Waals surface area contributed by atoms with Crippen molar-refractivity contribution in [3.05, 3.63) is 65.0 Å². The van der Waals surface area contributed by atoms with Gasteiger partial charge in [-0.1, -0.05) is 18.2 Å². The van der Waals surface area contributed by atoms with Crippen LogP contribution in [0.1, 0.15) is 36.6 Å². The Kier molecular flexibility index (Phi) is 6.02. The molecule has 0 aliphatic heterocycles. The lowest BCUT2D eigenvalue weighted by molar-refractivity contribution is -0.137. The van der Waals surface area contributed by atoms with Crippen LogP contribution < -0.4 is 10.6 Å². The highest BCUT2D eigenvalue weighted by atomic mass is 19.4. The fourth-order valence-corrected chi connectivity index (χ4v) is 2.47. The first-order valence-electron chi connectivity index (χ1n) is 8.08. The number of aryl methyl sites for hydroxylation is 1. The predicted molar refractivity (Wildman–Crippen MR) is 92.2 cm³/mol. The first kappa shape index (κ1) is 19.9. The zero-order valence-electron chi connectivity index (χ0n) is 14.6. The zero-order chi connectivity index (χ0) is 19.5. The number of carbonyl (C=O) groups is 1. The summed E-state index contributed by atoms with van der Waals surface area (Å²) in [5.41, 5.74) is 0.701. The molecule has 2 unspecified atom stereocenters. The monoisotopic (exact) mass is 368 g/mol. The van der Waals surface area contributed by atoms with Crippen molar-refractivity contribution in [2.45, 2.75) is 39.0 Å². The van der Waals surface area contributed by atoms with E-state index < -0.39 is 29.5 Å². The third kappa shape index (κ3) is 5.05. The summed E-state index contributed by atoms with van der Waals surface area (Å²) < 4.78 is 51.6. The number of alkyl halides is 3. The summed E-state index contributed by atoms with van der Waals surface area (Å²) in [4.78, 5) is 12.2. The molecule has 0 saturated carbocycles. The van der Waals surface area contributed by atoms with Gasteiger partial charge >= 0.3 is 6.18 Å². The molecular formula is C19H20F4N2O. The molecule has 0 aliphatic rings. The van der Waals surface area contributed by atoms with Gasteiger partial charge in [-0.3, -0.25) is 10.1 Å². The van der Waals surface area contributed by atoms with Crippen LogP contribution in [0.2, 0.25) is 0 Å². The van der Waals surface area contributed by atoms with Gasteiger partial charge in [0.2, 0.25) is 5.91 Å². The van der Waals surface area contributed by atoms with Gasteiger partial charge in [0.05, 0.1) is 17.3 Å². The highest BCUT2D eigenvalue weighted by Gasteiger charge is 2.30. The second-order valence-corrected chi connectivity index (χ2v) is 6.20. The molecule has 0 heterocycles. The molecule has 0 saturated heterocycles. The molecule has 140 valence electrons. The zero-order valence-corrected chi connectivity index (χ0v) is 14.6. The normalized spacial score (nSPS) is 14.0. The van der Waals surface area contributed by atoms with E-state index in [0.29, 0.717) is 5.56 Å². The Labute approximate surface area is 149 Å². The Bertz CT molecular complexity index is 772. The molecule has 2 atom stereocenters. The molecule has 2 N–H and O–H groups in total. The van der Waals surface area contributed by atoms with E-state index in [2.05, 4.69) is 10.6 Å². The highest BCUT2D eigenvalue weighted by Crippen LogP contribution is 2.30. The Morgan fingerprint density at radius 1 is 1.04 bits per heavy atom. The molecule has 0 fully saturated rings. The topological polar surface area (TPSA) is 41.1 Å². The maximum Gasteiger partial charge on any atom is 0.416 e. The van der Waals surface area contributed by atoms with E-state index in [1.165, 1.54) is 24.3 Å². The van der Waals surface area contributed by atoms with Gasteiger partial charge in [-0.2, -0.15) is 13.2 Å². The lowest BCUT2D eigenvalue weighted by atomic mass is 10.0. The van der Waals surface area contributed by atoms with Crippen molar-refractivity contribution in [1.29, 1.82) is 0 Å². The van der Waals surface area contributed by atoms with Gasteiger partial charge in [-0.15, -0.1) is 0 Å². The van der Waals surface area contributed by atoms with Crippen LogP contribution in [-0.2, 0) is 11.0 Å². The van der Waals surface area contributed by atoms with Crippen LogP contribution >= 0.6 is 0 Å². The molecule has 26 heavy (non-hydrogen) atoms. The van der Waals surface area contributed by atoms with E-state index in [9.17, 15) is 22.4 Å². The molecule has 0 bridgehead atoms. The second-order valence-electron chi connectivity index (χ2n) is 6.20. The van der Waals surface area contributed by atoms with Crippen molar-refractivity contribution >= 4 is 11.6 Å². The molecule has 2 aromatic rings. The van der Waals surface area contributed by atoms with Gasteiger partial charge in [-0.05, 0) is 56.2 Å². The summed E-state index contributed by atoms with van der Waals surface area (Å²) in [6.07, 6.45) is -4.39. The standard InChI is InChI=1S/C19H20F4N2O/c1-11-4-9-17(16(20)10-11)25-18(26)13(3)24-12(2)14-5-7-15(8-6-14)19(21,22)23/h4-10,12-13,24H,1-3H3,(H,25,26). The van der Waals surface area contributed by atoms with Crippen molar-refractivity contribution in [3.8, 4) is 0 Å². The quantitative estimate of drug-likeness (QED) is 0.742. The average Bonchev–Trinajstić information content (AvgIpc) is 2.56. The molecule has 7 heteroatoms. The SMILES string of the molecule is Cc1ccc(NC(=O)C(C)NC(C)c2ccc(C(F)(F)F)cc2)c(F)c1. The Morgan fingerprint density at radius 2 is 1.65 bits per heavy atom. The number of rotatable bonds is 5. The van der Waals surface area contributed by atoms with Crippen LogP contribution in [0.5, 0.6) is 0 Å². The molecule has 1 amide bonds. The van der Waals surface area contributed by atoms with E-state index in [-0.39, 0.29) is 11.7 Å². The maximum atomic E-state index is 13.8. The fraction of sp³-hybridized carbons (Fsp3) is 0.316. The summed E-state index contributed by atoms with van der Waals surface area (Å²) in [5.74, 6) is -0.965. The molecule has 0 radical (unpaired) electrons. The van der Waals surface area contributed by atoms with Crippen molar-refractivity contribution < 1.29 is 22.4 Å². The Morgan fingerprint density at radius 3 is 2.19 bits per heavy atom. The van der Waals surface area contributed by atoms with Gasteiger partial charge in [-0.25, -0.2) is 4.39 Å². The first-order valence-corrected chi connectivity index (χ1v) is 8.08.